The van der Waals surface area contributed by atoms with Crippen LogP contribution in [0.3, 0.4) is 0 Å². The number of hydrogen-bond acceptors (Lipinski definition) is 5. The second kappa shape index (κ2) is 7.89. The number of benzene rings is 1. The molecule has 0 aliphatic carbocycles. The molecule has 2 saturated heterocycles. The zero-order valence-electron chi connectivity index (χ0n) is 16.3. The molecule has 1 aromatic carbocycles. The Morgan fingerprint density at radius 1 is 1.29 bits per heavy atom. The van der Waals surface area contributed by atoms with Crippen LogP contribution in [-0.2, 0) is 17.9 Å². The predicted octanol–water partition coefficient (Wildman–Crippen LogP) is 2.50. The summed E-state index contributed by atoms with van der Waals surface area (Å²) >= 11 is 0. The van der Waals surface area contributed by atoms with Crippen LogP contribution in [0.5, 0.6) is 5.75 Å². The SMILES string of the molecule is CN1CC[C@H]2CN(Cc3cccc(OCc4ccccn4)c3)C[C@@]2(C(=O)O)C1. The Kier molecular flexibility index (Phi) is 5.33. The Bertz CT molecular complexity index is 829. The van der Waals surface area contributed by atoms with Gasteiger partial charge in [-0.05, 0) is 55.8 Å². The van der Waals surface area contributed by atoms with Crippen molar-refractivity contribution in [3.63, 3.8) is 0 Å². The average molecular weight is 381 g/mol. The van der Waals surface area contributed by atoms with Crippen molar-refractivity contribution in [1.82, 2.24) is 14.8 Å². The maximum absolute atomic E-state index is 12.1. The molecule has 148 valence electrons. The zero-order valence-corrected chi connectivity index (χ0v) is 16.3. The molecule has 28 heavy (non-hydrogen) atoms. The Labute approximate surface area is 165 Å². The lowest BCUT2D eigenvalue weighted by molar-refractivity contribution is -0.153. The van der Waals surface area contributed by atoms with Gasteiger partial charge in [0.25, 0.3) is 0 Å². The highest BCUT2D eigenvalue weighted by molar-refractivity contribution is 5.76. The average Bonchev–Trinajstić information content (AvgIpc) is 3.06. The van der Waals surface area contributed by atoms with Gasteiger partial charge in [-0.15, -0.1) is 0 Å². The van der Waals surface area contributed by atoms with E-state index in [2.05, 4.69) is 20.9 Å². The highest BCUT2D eigenvalue weighted by Crippen LogP contribution is 2.42. The third-order valence-corrected chi connectivity index (χ3v) is 6.02. The van der Waals surface area contributed by atoms with E-state index >= 15 is 0 Å². The third-order valence-electron chi connectivity index (χ3n) is 6.02. The van der Waals surface area contributed by atoms with E-state index in [1.807, 2.05) is 43.4 Å². The first-order chi connectivity index (χ1) is 13.5. The number of carboxylic acids is 1. The number of piperidine rings is 1. The predicted molar refractivity (Wildman–Crippen MR) is 106 cm³/mol. The van der Waals surface area contributed by atoms with Crippen LogP contribution in [0.25, 0.3) is 0 Å². The van der Waals surface area contributed by atoms with Gasteiger partial charge >= 0.3 is 5.97 Å². The van der Waals surface area contributed by atoms with Crippen LogP contribution in [-0.4, -0.2) is 59.1 Å². The lowest BCUT2D eigenvalue weighted by Crippen LogP contribution is -2.52. The van der Waals surface area contributed by atoms with Crippen molar-refractivity contribution in [3.05, 3.63) is 59.9 Å². The molecule has 2 aliphatic rings. The molecule has 0 unspecified atom stereocenters. The van der Waals surface area contributed by atoms with Crippen LogP contribution in [0, 0.1) is 11.3 Å². The number of fused-ring (bicyclic) bond motifs is 1. The van der Waals surface area contributed by atoms with E-state index in [0.717, 1.165) is 43.1 Å². The van der Waals surface area contributed by atoms with Gasteiger partial charge in [-0.3, -0.25) is 14.7 Å². The lowest BCUT2D eigenvalue weighted by Gasteiger charge is -2.39. The Morgan fingerprint density at radius 3 is 2.96 bits per heavy atom. The molecule has 4 rings (SSSR count). The van der Waals surface area contributed by atoms with Gasteiger partial charge in [-0.2, -0.15) is 0 Å². The highest BCUT2D eigenvalue weighted by Gasteiger charge is 2.54. The second-order valence-electron chi connectivity index (χ2n) is 8.11. The Hall–Kier alpha value is -2.44. The summed E-state index contributed by atoms with van der Waals surface area (Å²) in [6, 6.07) is 13.8. The Balaban J connectivity index is 1.41. The minimum Gasteiger partial charge on any atom is -0.487 e. The standard InChI is InChI=1S/C22H27N3O3/c1-24-10-8-18-13-25(16-22(18,15-24)21(26)27)12-17-5-4-7-20(11-17)28-14-19-6-2-3-9-23-19/h2-7,9,11,18H,8,10,12-16H2,1H3,(H,26,27)/t18-,22-/m0/s1. The van der Waals surface area contributed by atoms with Gasteiger partial charge in [0.05, 0.1) is 11.1 Å². The van der Waals surface area contributed by atoms with Gasteiger partial charge in [-0.25, -0.2) is 0 Å². The van der Waals surface area contributed by atoms with E-state index in [-0.39, 0.29) is 5.92 Å². The number of hydrogen-bond donors (Lipinski definition) is 1. The van der Waals surface area contributed by atoms with E-state index < -0.39 is 11.4 Å². The smallest absolute Gasteiger partial charge is 0.312 e. The van der Waals surface area contributed by atoms with Crippen molar-refractivity contribution in [2.45, 2.75) is 19.6 Å². The normalized spacial score (nSPS) is 25.4. The molecule has 2 aromatic rings. The maximum Gasteiger partial charge on any atom is 0.312 e. The van der Waals surface area contributed by atoms with Crippen LogP contribution >= 0.6 is 0 Å². The van der Waals surface area contributed by atoms with Gasteiger partial charge in [0.2, 0.25) is 0 Å². The molecular weight excluding hydrogens is 354 g/mol. The fourth-order valence-corrected chi connectivity index (χ4v) is 4.63. The van der Waals surface area contributed by atoms with E-state index in [1.165, 1.54) is 0 Å². The molecular formula is C22H27N3O3. The summed E-state index contributed by atoms with van der Waals surface area (Å²) in [5, 5.41) is 9.94. The largest absolute Gasteiger partial charge is 0.487 e. The van der Waals surface area contributed by atoms with E-state index in [0.29, 0.717) is 19.7 Å². The number of pyridine rings is 1. The molecule has 6 nitrogen and oxygen atoms in total. The molecule has 1 aromatic heterocycles. The molecule has 0 amide bonds. The minimum absolute atomic E-state index is 0.227. The minimum atomic E-state index is -0.654. The van der Waals surface area contributed by atoms with Crippen LogP contribution in [0.1, 0.15) is 17.7 Å². The van der Waals surface area contributed by atoms with E-state index in [1.54, 1.807) is 6.20 Å². The van der Waals surface area contributed by atoms with Crippen LogP contribution in [0.15, 0.2) is 48.7 Å². The quantitative estimate of drug-likeness (QED) is 0.829. The number of ether oxygens (including phenoxy) is 1. The van der Waals surface area contributed by atoms with E-state index in [9.17, 15) is 9.90 Å². The summed E-state index contributed by atoms with van der Waals surface area (Å²) in [7, 11) is 2.02. The summed E-state index contributed by atoms with van der Waals surface area (Å²) in [4.78, 5) is 20.8. The number of likely N-dealkylation sites (tertiary alicyclic amines) is 2. The van der Waals surface area contributed by atoms with E-state index in [4.69, 9.17) is 4.74 Å². The molecule has 0 spiro atoms. The molecule has 2 atom stereocenters. The summed E-state index contributed by atoms with van der Waals surface area (Å²) in [5.41, 5.74) is 1.40. The van der Waals surface area contributed by atoms with Crippen LogP contribution in [0.2, 0.25) is 0 Å². The summed E-state index contributed by atoms with van der Waals surface area (Å²) in [6.07, 6.45) is 2.71. The second-order valence-corrected chi connectivity index (χ2v) is 8.11. The number of aliphatic carboxylic acids is 1. The lowest BCUT2D eigenvalue weighted by atomic mass is 9.73. The zero-order chi connectivity index (χ0) is 19.6. The first-order valence-electron chi connectivity index (χ1n) is 9.81. The van der Waals surface area contributed by atoms with Gasteiger partial charge in [-0.1, -0.05) is 18.2 Å². The highest BCUT2D eigenvalue weighted by atomic mass is 16.5. The number of carboxylic acid groups (broad SMARTS) is 1. The van der Waals surface area contributed by atoms with Crippen molar-refractivity contribution < 1.29 is 14.6 Å². The molecule has 1 N–H and O–H groups in total. The summed E-state index contributed by atoms with van der Waals surface area (Å²) in [6.45, 7) is 4.25. The first-order valence-corrected chi connectivity index (χ1v) is 9.81. The molecule has 3 heterocycles. The van der Waals surface area contributed by atoms with Crippen LogP contribution < -0.4 is 4.74 Å². The number of rotatable bonds is 6. The third kappa shape index (κ3) is 3.88. The topological polar surface area (TPSA) is 65.9 Å². The Morgan fingerprint density at radius 2 is 2.18 bits per heavy atom. The van der Waals surface area contributed by atoms with Gasteiger partial charge in [0, 0.05) is 32.4 Å². The molecule has 6 heteroatoms. The number of carbonyl (C=O) groups is 1. The summed E-state index contributed by atoms with van der Waals surface area (Å²) < 4.78 is 5.88. The molecule has 0 radical (unpaired) electrons. The molecule has 0 saturated carbocycles. The monoisotopic (exact) mass is 381 g/mol. The summed E-state index contributed by atoms with van der Waals surface area (Å²) in [5.74, 6) is 0.385. The van der Waals surface area contributed by atoms with Crippen molar-refractivity contribution in [2.24, 2.45) is 11.3 Å². The van der Waals surface area contributed by atoms with Crippen molar-refractivity contribution in [3.8, 4) is 5.75 Å². The van der Waals surface area contributed by atoms with Crippen molar-refractivity contribution in [1.29, 1.82) is 0 Å². The maximum atomic E-state index is 12.1. The van der Waals surface area contributed by atoms with Gasteiger partial charge < -0.3 is 14.7 Å². The first kappa shape index (κ1) is 18.9. The molecule has 2 fully saturated rings. The van der Waals surface area contributed by atoms with Crippen molar-refractivity contribution >= 4 is 5.97 Å². The van der Waals surface area contributed by atoms with Gasteiger partial charge in [0.15, 0.2) is 0 Å². The fourth-order valence-electron chi connectivity index (χ4n) is 4.63. The van der Waals surface area contributed by atoms with Crippen molar-refractivity contribution in [2.75, 3.05) is 33.2 Å². The number of nitrogens with zero attached hydrogens (tertiary/aromatic N) is 3. The number of aromatic nitrogens is 1. The molecule has 0 bridgehead atoms. The molecule has 2 aliphatic heterocycles. The van der Waals surface area contributed by atoms with Gasteiger partial charge in [0.1, 0.15) is 12.4 Å². The van der Waals surface area contributed by atoms with Crippen LogP contribution in [0.4, 0.5) is 0 Å². The fraction of sp³-hybridized carbons (Fsp3) is 0.455.